The lowest BCUT2D eigenvalue weighted by Gasteiger charge is -2.39. The van der Waals surface area contributed by atoms with E-state index in [1.165, 1.54) is 0 Å². The molecule has 0 radical (unpaired) electrons. The number of halogens is 2. The van der Waals surface area contributed by atoms with Crippen LogP contribution in [0.25, 0.3) is 0 Å². The first-order valence-corrected chi connectivity index (χ1v) is 11.6. The summed E-state index contributed by atoms with van der Waals surface area (Å²) in [6.45, 7) is 4.04. The van der Waals surface area contributed by atoms with Gasteiger partial charge in [-0.25, -0.2) is 0 Å². The summed E-state index contributed by atoms with van der Waals surface area (Å²) in [5, 5.41) is 0.857. The molecular weight excluding hydrogens is 449 g/mol. The first-order chi connectivity index (χ1) is 15.5. The van der Waals surface area contributed by atoms with Crippen molar-refractivity contribution in [2.75, 3.05) is 51.3 Å². The van der Waals surface area contributed by atoms with Crippen LogP contribution in [0.15, 0.2) is 42.5 Å². The number of likely N-dealkylation sites (tertiary alicyclic amines) is 1. The summed E-state index contributed by atoms with van der Waals surface area (Å²) in [4.78, 5) is 31.9. The van der Waals surface area contributed by atoms with Gasteiger partial charge in [0.25, 0.3) is 5.91 Å². The van der Waals surface area contributed by atoms with Gasteiger partial charge in [-0.2, -0.15) is 0 Å². The van der Waals surface area contributed by atoms with E-state index in [-0.39, 0.29) is 17.7 Å². The molecule has 2 aromatic rings. The Morgan fingerprint density at radius 1 is 0.906 bits per heavy atom. The molecule has 0 aliphatic carbocycles. The predicted molar refractivity (Wildman–Crippen MR) is 127 cm³/mol. The van der Waals surface area contributed by atoms with E-state index in [1.807, 2.05) is 23.1 Å². The molecule has 2 fully saturated rings. The molecule has 0 bridgehead atoms. The van der Waals surface area contributed by atoms with Crippen molar-refractivity contribution in [1.82, 2.24) is 9.80 Å². The fraction of sp³-hybridized carbons (Fsp3) is 0.417. The van der Waals surface area contributed by atoms with Crippen molar-refractivity contribution >= 4 is 40.7 Å². The van der Waals surface area contributed by atoms with E-state index in [9.17, 15) is 9.59 Å². The number of para-hydroxylation sites is 2. The summed E-state index contributed by atoms with van der Waals surface area (Å²) in [6.07, 6.45) is 1.34. The number of methoxy groups -OCH3 is 1. The van der Waals surface area contributed by atoms with E-state index in [0.717, 1.165) is 24.5 Å². The number of rotatable bonds is 4. The number of piperidine rings is 1. The number of carbonyl (C=O) groups is 2. The molecule has 2 aromatic carbocycles. The van der Waals surface area contributed by atoms with Crippen LogP contribution < -0.4 is 9.64 Å². The molecule has 4 rings (SSSR count). The fourth-order valence-electron chi connectivity index (χ4n) is 4.48. The van der Waals surface area contributed by atoms with Crippen molar-refractivity contribution in [1.29, 1.82) is 0 Å². The van der Waals surface area contributed by atoms with Crippen molar-refractivity contribution < 1.29 is 14.3 Å². The maximum Gasteiger partial charge on any atom is 0.255 e. The molecule has 6 nitrogen and oxygen atoms in total. The van der Waals surface area contributed by atoms with E-state index >= 15 is 0 Å². The van der Waals surface area contributed by atoms with Crippen molar-refractivity contribution in [3.05, 3.63) is 58.1 Å². The standard InChI is InChI=1S/C24H27Cl2N3O3/c1-32-22-5-3-2-4-21(22)27-12-14-29(15-13-27)23(30)17-8-10-28(11-9-17)24(31)19-7-6-18(25)16-20(19)26/h2-7,16-17H,8-15H2,1H3. The average Bonchev–Trinajstić information content (AvgIpc) is 2.83. The van der Waals surface area contributed by atoms with Crippen LogP contribution in [-0.4, -0.2) is 68.0 Å². The molecule has 2 aliphatic heterocycles. The number of carbonyl (C=O) groups excluding carboxylic acids is 2. The third-order valence-corrected chi connectivity index (χ3v) is 6.86. The normalized spacial score (nSPS) is 17.4. The van der Waals surface area contributed by atoms with Gasteiger partial charge in [-0.1, -0.05) is 35.3 Å². The summed E-state index contributed by atoms with van der Waals surface area (Å²) in [7, 11) is 1.68. The largest absolute Gasteiger partial charge is 0.495 e. The molecule has 2 saturated heterocycles. The number of piperazine rings is 1. The van der Waals surface area contributed by atoms with Crippen LogP contribution in [-0.2, 0) is 4.79 Å². The van der Waals surface area contributed by atoms with Gasteiger partial charge in [-0.3, -0.25) is 9.59 Å². The van der Waals surface area contributed by atoms with Crippen LogP contribution in [0, 0.1) is 5.92 Å². The zero-order valence-electron chi connectivity index (χ0n) is 18.1. The molecule has 0 N–H and O–H groups in total. The molecule has 2 heterocycles. The number of hydrogen-bond acceptors (Lipinski definition) is 4. The number of nitrogens with zero attached hydrogens (tertiary/aromatic N) is 3. The second-order valence-electron chi connectivity index (χ2n) is 8.17. The molecule has 0 saturated carbocycles. The summed E-state index contributed by atoms with van der Waals surface area (Å²) in [6, 6.07) is 12.9. The molecule has 0 aromatic heterocycles. The third-order valence-electron chi connectivity index (χ3n) is 6.31. The van der Waals surface area contributed by atoms with Crippen LogP contribution in [0.5, 0.6) is 5.75 Å². The van der Waals surface area contributed by atoms with Crippen LogP contribution in [0.3, 0.4) is 0 Å². The van der Waals surface area contributed by atoms with Crippen molar-refractivity contribution in [3.8, 4) is 5.75 Å². The van der Waals surface area contributed by atoms with Crippen LogP contribution in [0.2, 0.25) is 10.0 Å². The minimum Gasteiger partial charge on any atom is -0.495 e. The summed E-state index contributed by atoms with van der Waals surface area (Å²) >= 11 is 12.1. The highest BCUT2D eigenvalue weighted by atomic mass is 35.5. The van der Waals surface area contributed by atoms with Gasteiger partial charge >= 0.3 is 0 Å². The Kier molecular flexibility index (Phi) is 7.11. The first-order valence-electron chi connectivity index (χ1n) is 10.9. The minimum absolute atomic E-state index is 0.0439. The van der Waals surface area contributed by atoms with Gasteiger partial charge in [0, 0.05) is 50.2 Å². The Bertz CT molecular complexity index is 984. The summed E-state index contributed by atoms with van der Waals surface area (Å²) in [5.74, 6) is 0.895. The number of amides is 2. The van der Waals surface area contributed by atoms with E-state index in [4.69, 9.17) is 27.9 Å². The van der Waals surface area contributed by atoms with Gasteiger partial charge in [0.15, 0.2) is 0 Å². The van der Waals surface area contributed by atoms with Crippen molar-refractivity contribution in [3.63, 3.8) is 0 Å². The van der Waals surface area contributed by atoms with Crippen LogP contribution in [0.1, 0.15) is 23.2 Å². The van der Waals surface area contributed by atoms with Gasteiger partial charge in [-0.15, -0.1) is 0 Å². The van der Waals surface area contributed by atoms with E-state index < -0.39 is 0 Å². The molecule has 0 unspecified atom stereocenters. The minimum atomic E-state index is -0.108. The molecular formula is C24H27Cl2N3O3. The van der Waals surface area contributed by atoms with Gasteiger partial charge in [-0.05, 0) is 43.2 Å². The lowest BCUT2D eigenvalue weighted by molar-refractivity contribution is -0.137. The number of anilines is 1. The molecule has 8 heteroatoms. The Morgan fingerprint density at radius 2 is 1.59 bits per heavy atom. The van der Waals surface area contributed by atoms with Gasteiger partial charge in [0.1, 0.15) is 5.75 Å². The van der Waals surface area contributed by atoms with E-state index in [0.29, 0.717) is 54.6 Å². The van der Waals surface area contributed by atoms with Crippen LogP contribution >= 0.6 is 23.2 Å². The first kappa shape index (κ1) is 22.7. The lowest BCUT2D eigenvalue weighted by Crippen LogP contribution is -2.52. The second-order valence-corrected chi connectivity index (χ2v) is 9.02. The zero-order chi connectivity index (χ0) is 22.7. The predicted octanol–water partition coefficient (Wildman–Crippen LogP) is 4.20. The van der Waals surface area contributed by atoms with Crippen molar-refractivity contribution in [2.45, 2.75) is 12.8 Å². The second kappa shape index (κ2) is 10.0. The van der Waals surface area contributed by atoms with E-state index in [2.05, 4.69) is 11.0 Å². The van der Waals surface area contributed by atoms with E-state index in [1.54, 1.807) is 30.2 Å². The Morgan fingerprint density at radius 3 is 2.25 bits per heavy atom. The molecule has 0 spiro atoms. The topological polar surface area (TPSA) is 53.1 Å². The molecule has 0 atom stereocenters. The SMILES string of the molecule is COc1ccccc1N1CCN(C(=O)C2CCN(C(=O)c3ccc(Cl)cc3Cl)CC2)CC1. The summed E-state index contributed by atoms with van der Waals surface area (Å²) < 4.78 is 5.47. The third kappa shape index (κ3) is 4.81. The maximum absolute atomic E-state index is 13.1. The number of hydrogen-bond donors (Lipinski definition) is 0. The molecule has 2 aliphatic rings. The molecule has 2 amide bonds. The highest BCUT2D eigenvalue weighted by Gasteiger charge is 2.32. The van der Waals surface area contributed by atoms with Crippen LogP contribution in [0.4, 0.5) is 5.69 Å². The quantitative estimate of drug-likeness (QED) is 0.664. The Hall–Kier alpha value is -2.44. The maximum atomic E-state index is 13.1. The van der Waals surface area contributed by atoms with Gasteiger partial charge < -0.3 is 19.4 Å². The average molecular weight is 476 g/mol. The van der Waals surface area contributed by atoms with Crippen molar-refractivity contribution in [2.24, 2.45) is 5.92 Å². The Labute approximate surface area is 198 Å². The zero-order valence-corrected chi connectivity index (χ0v) is 19.6. The monoisotopic (exact) mass is 475 g/mol. The smallest absolute Gasteiger partial charge is 0.255 e. The highest BCUT2D eigenvalue weighted by Crippen LogP contribution is 2.29. The number of benzene rings is 2. The summed E-state index contributed by atoms with van der Waals surface area (Å²) in [5.41, 5.74) is 1.52. The lowest BCUT2D eigenvalue weighted by atomic mass is 9.94. The fourth-order valence-corrected chi connectivity index (χ4v) is 4.97. The Balaban J connectivity index is 1.30. The molecule has 170 valence electrons. The van der Waals surface area contributed by atoms with Gasteiger partial charge in [0.05, 0.1) is 23.4 Å². The molecule has 32 heavy (non-hydrogen) atoms. The number of ether oxygens (including phenoxy) is 1. The van der Waals surface area contributed by atoms with Gasteiger partial charge in [0.2, 0.25) is 5.91 Å². The highest BCUT2D eigenvalue weighted by molar-refractivity contribution is 6.36.